The first-order chi connectivity index (χ1) is 12.2. The number of rotatable bonds is 7. The van der Waals surface area contributed by atoms with Gasteiger partial charge in [-0.25, -0.2) is 4.98 Å². The fourth-order valence-corrected chi connectivity index (χ4v) is 3.67. The van der Waals surface area contributed by atoms with Gasteiger partial charge >= 0.3 is 0 Å². The average Bonchev–Trinajstić information content (AvgIpc) is 3.23. The summed E-state index contributed by atoms with van der Waals surface area (Å²) >= 11 is 1.41. The van der Waals surface area contributed by atoms with Gasteiger partial charge < -0.3 is 10.1 Å². The molecule has 1 fully saturated rings. The van der Waals surface area contributed by atoms with Crippen molar-refractivity contribution in [1.82, 2.24) is 10.3 Å². The number of nitrogens with one attached hydrogen (secondary N) is 1. The van der Waals surface area contributed by atoms with Crippen LogP contribution >= 0.6 is 11.3 Å². The van der Waals surface area contributed by atoms with E-state index in [0.29, 0.717) is 36.9 Å². The van der Waals surface area contributed by atoms with Crippen LogP contribution in [0.1, 0.15) is 29.7 Å². The van der Waals surface area contributed by atoms with Crippen LogP contribution in [0.3, 0.4) is 0 Å². The van der Waals surface area contributed by atoms with E-state index >= 15 is 0 Å². The van der Waals surface area contributed by atoms with Crippen LogP contribution in [-0.4, -0.2) is 30.5 Å². The number of amides is 2. The van der Waals surface area contributed by atoms with Gasteiger partial charge in [0.2, 0.25) is 11.8 Å². The smallest absolute Gasteiger partial charge is 0.228 e. The van der Waals surface area contributed by atoms with E-state index in [9.17, 15) is 9.59 Å². The molecular weight excluding hydrogens is 338 g/mol. The minimum atomic E-state index is -0.0863. The Bertz CT molecular complexity index is 760. The van der Waals surface area contributed by atoms with E-state index < -0.39 is 0 Å². The van der Waals surface area contributed by atoms with Gasteiger partial charge in [-0.3, -0.25) is 14.5 Å². The van der Waals surface area contributed by atoms with Crippen molar-refractivity contribution in [2.45, 2.75) is 32.4 Å². The summed E-state index contributed by atoms with van der Waals surface area (Å²) in [5.41, 5.74) is 2.80. The van der Waals surface area contributed by atoms with Crippen LogP contribution in [0.15, 0.2) is 29.6 Å². The number of benzene rings is 1. The predicted octanol–water partition coefficient (Wildman–Crippen LogP) is 2.28. The predicted molar refractivity (Wildman–Crippen MR) is 96.4 cm³/mol. The molecule has 0 unspecified atom stereocenters. The fourth-order valence-electron chi connectivity index (χ4n) is 2.80. The second-order valence-electron chi connectivity index (χ2n) is 5.93. The Morgan fingerprint density at radius 1 is 1.36 bits per heavy atom. The second kappa shape index (κ2) is 8.22. The third-order valence-corrected chi connectivity index (χ3v) is 4.99. The molecule has 2 aromatic rings. The summed E-state index contributed by atoms with van der Waals surface area (Å²) in [6.07, 6.45) is 1.66. The molecule has 1 aliphatic rings. The highest BCUT2D eigenvalue weighted by Crippen LogP contribution is 2.25. The fraction of sp³-hybridized carbons (Fsp3) is 0.389. The van der Waals surface area contributed by atoms with Gasteiger partial charge in [0.15, 0.2) is 5.13 Å². The van der Waals surface area contributed by atoms with Crippen LogP contribution in [0.2, 0.25) is 0 Å². The molecule has 25 heavy (non-hydrogen) atoms. The average molecular weight is 359 g/mol. The number of carbonyl (C=O) groups is 2. The van der Waals surface area contributed by atoms with Crippen molar-refractivity contribution < 1.29 is 14.3 Å². The zero-order chi connectivity index (χ0) is 17.6. The van der Waals surface area contributed by atoms with Gasteiger partial charge in [0.05, 0.1) is 18.7 Å². The van der Waals surface area contributed by atoms with Crippen LogP contribution in [0.5, 0.6) is 0 Å². The topological polar surface area (TPSA) is 71.5 Å². The van der Waals surface area contributed by atoms with Gasteiger partial charge in [0.25, 0.3) is 0 Å². The number of thiazole rings is 1. The van der Waals surface area contributed by atoms with E-state index in [2.05, 4.69) is 10.3 Å². The number of nitrogens with zero attached hydrogens (tertiary/aromatic N) is 2. The van der Waals surface area contributed by atoms with Crippen LogP contribution in [-0.2, 0) is 33.9 Å². The zero-order valence-corrected chi connectivity index (χ0v) is 15.0. The number of hydrogen-bond acceptors (Lipinski definition) is 5. The third kappa shape index (κ3) is 4.43. The molecule has 3 rings (SSSR count). The molecule has 1 saturated heterocycles. The lowest BCUT2D eigenvalue weighted by atomic mass is 10.1. The maximum Gasteiger partial charge on any atom is 0.228 e. The molecule has 6 nitrogen and oxygen atoms in total. The van der Waals surface area contributed by atoms with Crippen LogP contribution in [0, 0.1) is 0 Å². The quantitative estimate of drug-likeness (QED) is 0.823. The van der Waals surface area contributed by atoms with Crippen LogP contribution < -0.4 is 10.2 Å². The number of hydrogen-bond donors (Lipinski definition) is 1. The lowest BCUT2D eigenvalue weighted by molar-refractivity contribution is -0.120. The standard InChI is InChI=1S/C18H21N3O3S/c1-24-11-14-6-3-2-5-13(14)10-19-16(22)9-15-12-25-18(20-15)21-8-4-7-17(21)23/h2-3,5-6,12H,4,7-11H2,1H3,(H,19,22). The summed E-state index contributed by atoms with van der Waals surface area (Å²) in [7, 11) is 1.65. The van der Waals surface area contributed by atoms with Crippen molar-refractivity contribution in [1.29, 1.82) is 0 Å². The Balaban J connectivity index is 1.55. The van der Waals surface area contributed by atoms with E-state index in [-0.39, 0.29) is 18.2 Å². The van der Waals surface area contributed by atoms with E-state index in [0.717, 1.165) is 17.5 Å². The van der Waals surface area contributed by atoms with Crippen molar-refractivity contribution in [2.75, 3.05) is 18.6 Å². The van der Waals surface area contributed by atoms with Crippen LogP contribution in [0.25, 0.3) is 0 Å². The van der Waals surface area contributed by atoms with Gasteiger partial charge in [-0.05, 0) is 17.5 Å². The molecule has 0 aliphatic carbocycles. The molecule has 0 spiro atoms. The van der Waals surface area contributed by atoms with E-state index in [4.69, 9.17) is 4.74 Å². The van der Waals surface area contributed by atoms with Gasteiger partial charge in [-0.2, -0.15) is 0 Å². The highest BCUT2D eigenvalue weighted by molar-refractivity contribution is 7.14. The summed E-state index contributed by atoms with van der Waals surface area (Å²) in [6, 6.07) is 7.87. The molecule has 0 radical (unpaired) electrons. The SMILES string of the molecule is COCc1ccccc1CNC(=O)Cc1csc(N2CCCC2=O)n1. The highest BCUT2D eigenvalue weighted by Gasteiger charge is 2.24. The van der Waals surface area contributed by atoms with Crippen molar-refractivity contribution in [2.24, 2.45) is 0 Å². The molecule has 1 aromatic heterocycles. The Morgan fingerprint density at radius 3 is 2.88 bits per heavy atom. The van der Waals surface area contributed by atoms with E-state index in [1.54, 1.807) is 12.0 Å². The summed E-state index contributed by atoms with van der Waals surface area (Å²) < 4.78 is 5.18. The Kier molecular flexibility index (Phi) is 5.78. The highest BCUT2D eigenvalue weighted by atomic mass is 32.1. The number of methoxy groups -OCH3 is 1. The molecule has 2 heterocycles. The molecule has 0 saturated carbocycles. The molecule has 2 amide bonds. The van der Waals surface area contributed by atoms with Gasteiger partial charge in [0, 0.05) is 32.0 Å². The van der Waals surface area contributed by atoms with Crippen molar-refractivity contribution in [3.8, 4) is 0 Å². The first kappa shape index (κ1) is 17.6. The van der Waals surface area contributed by atoms with Gasteiger partial charge in [-0.15, -0.1) is 11.3 Å². The van der Waals surface area contributed by atoms with E-state index in [1.165, 1.54) is 11.3 Å². The van der Waals surface area contributed by atoms with Crippen molar-refractivity contribution in [3.05, 3.63) is 46.5 Å². The maximum absolute atomic E-state index is 12.2. The minimum absolute atomic E-state index is 0.0863. The molecule has 1 aromatic carbocycles. The molecule has 1 aliphatic heterocycles. The molecule has 1 N–H and O–H groups in total. The Hall–Kier alpha value is -2.25. The van der Waals surface area contributed by atoms with Crippen LogP contribution in [0.4, 0.5) is 5.13 Å². The van der Waals surface area contributed by atoms with Crippen molar-refractivity contribution >= 4 is 28.3 Å². The van der Waals surface area contributed by atoms with Gasteiger partial charge in [0.1, 0.15) is 0 Å². The minimum Gasteiger partial charge on any atom is -0.380 e. The summed E-state index contributed by atoms with van der Waals surface area (Å²) in [4.78, 5) is 30.1. The summed E-state index contributed by atoms with van der Waals surface area (Å²) in [5, 5.41) is 5.46. The molecule has 0 atom stereocenters. The monoisotopic (exact) mass is 359 g/mol. The largest absolute Gasteiger partial charge is 0.380 e. The van der Waals surface area contributed by atoms with E-state index in [1.807, 2.05) is 29.6 Å². The molecule has 0 bridgehead atoms. The number of carbonyl (C=O) groups excluding carboxylic acids is 2. The maximum atomic E-state index is 12.2. The zero-order valence-electron chi connectivity index (χ0n) is 14.2. The number of anilines is 1. The molecule has 132 valence electrons. The second-order valence-corrected chi connectivity index (χ2v) is 6.76. The van der Waals surface area contributed by atoms with Crippen molar-refractivity contribution in [3.63, 3.8) is 0 Å². The normalized spacial score (nSPS) is 14.1. The third-order valence-electron chi connectivity index (χ3n) is 4.08. The number of aromatic nitrogens is 1. The summed E-state index contributed by atoms with van der Waals surface area (Å²) in [6.45, 7) is 1.69. The Labute approximate surface area is 150 Å². The Morgan fingerprint density at radius 2 is 2.16 bits per heavy atom. The van der Waals surface area contributed by atoms with Gasteiger partial charge in [-0.1, -0.05) is 24.3 Å². The summed E-state index contributed by atoms with van der Waals surface area (Å²) in [5.74, 6) is 0.0249. The molecular formula is C18H21N3O3S. The lowest BCUT2D eigenvalue weighted by Crippen LogP contribution is -2.26. The number of ether oxygens (including phenoxy) is 1. The molecule has 7 heteroatoms. The lowest BCUT2D eigenvalue weighted by Gasteiger charge is -2.10. The first-order valence-corrected chi connectivity index (χ1v) is 9.12. The first-order valence-electron chi connectivity index (χ1n) is 8.24.